The second kappa shape index (κ2) is 6.44. The highest BCUT2D eigenvalue weighted by Crippen LogP contribution is 2.40. The average molecular weight is 371 g/mol. The molecule has 3 aliphatic heterocycles. The molecule has 0 aliphatic carbocycles. The van der Waals surface area contributed by atoms with Crippen LogP contribution >= 0.6 is 0 Å². The fraction of sp³-hybridized carbons (Fsp3) is 0.889. The van der Waals surface area contributed by atoms with E-state index in [1.165, 1.54) is 6.92 Å². The van der Waals surface area contributed by atoms with Crippen molar-refractivity contribution >= 4 is 11.9 Å². The lowest BCUT2D eigenvalue weighted by Crippen LogP contribution is -2.63. The summed E-state index contributed by atoms with van der Waals surface area (Å²) in [6.07, 6.45) is -0.526. The Labute approximate surface area is 153 Å². The van der Waals surface area contributed by atoms with Crippen LogP contribution < -0.4 is 0 Å². The minimum atomic E-state index is -2.30. The van der Waals surface area contributed by atoms with E-state index >= 15 is 0 Å². The van der Waals surface area contributed by atoms with Gasteiger partial charge in [-0.25, -0.2) is 4.79 Å². The molecule has 0 aromatic rings. The Hall–Kier alpha value is -1.22. The Kier molecular flexibility index (Phi) is 4.84. The summed E-state index contributed by atoms with van der Waals surface area (Å²) in [6, 6.07) is -0.234. The van der Waals surface area contributed by atoms with Gasteiger partial charge in [-0.15, -0.1) is 0 Å². The van der Waals surface area contributed by atoms with Crippen molar-refractivity contribution in [3.8, 4) is 0 Å². The highest BCUT2D eigenvalue weighted by atomic mass is 16.6. The van der Waals surface area contributed by atoms with Gasteiger partial charge >= 0.3 is 11.9 Å². The first-order chi connectivity index (χ1) is 12.0. The van der Waals surface area contributed by atoms with Crippen molar-refractivity contribution in [1.29, 1.82) is 0 Å². The van der Waals surface area contributed by atoms with Gasteiger partial charge in [0, 0.05) is 19.0 Å². The highest BCUT2D eigenvalue weighted by molar-refractivity contribution is 5.83. The number of esters is 2. The lowest BCUT2D eigenvalue weighted by Gasteiger charge is -2.42. The number of carbonyl (C=O) groups excluding carboxylic acids is 2. The molecule has 0 saturated carbocycles. The molecule has 8 heteroatoms. The Morgan fingerprint density at radius 3 is 2.50 bits per heavy atom. The van der Waals surface area contributed by atoms with E-state index in [9.17, 15) is 24.9 Å². The molecule has 148 valence electrons. The SMILES string of the molecule is CC(C)C1C(=O)OC2CCN3CC(O)C(COC(=O)C(C)(O)C1(C)O)C23. The van der Waals surface area contributed by atoms with Gasteiger partial charge in [-0.3, -0.25) is 9.69 Å². The van der Waals surface area contributed by atoms with Crippen LogP contribution in [0.2, 0.25) is 0 Å². The average Bonchev–Trinajstić information content (AvgIpc) is 3.02. The third-order valence-electron chi connectivity index (χ3n) is 6.44. The summed E-state index contributed by atoms with van der Waals surface area (Å²) < 4.78 is 11.0. The number of carbonyl (C=O) groups is 2. The molecular weight excluding hydrogens is 342 g/mol. The normalized spacial score (nSPS) is 47.3. The van der Waals surface area contributed by atoms with Crippen LogP contribution in [0.25, 0.3) is 0 Å². The molecule has 7 unspecified atom stereocenters. The van der Waals surface area contributed by atoms with E-state index in [2.05, 4.69) is 0 Å². The molecule has 8 nitrogen and oxygen atoms in total. The Morgan fingerprint density at radius 2 is 1.88 bits per heavy atom. The van der Waals surface area contributed by atoms with Crippen molar-refractivity contribution in [2.45, 2.75) is 63.6 Å². The summed E-state index contributed by atoms with van der Waals surface area (Å²) >= 11 is 0. The van der Waals surface area contributed by atoms with E-state index in [4.69, 9.17) is 9.47 Å². The van der Waals surface area contributed by atoms with E-state index in [1.54, 1.807) is 13.8 Å². The third-order valence-corrected chi connectivity index (χ3v) is 6.44. The van der Waals surface area contributed by atoms with Crippen LogP contribution in [0, 0.1) is 17.8 Å². The Morgan fingerprint density at radius 1 is 1.23 bits per heavy atom. The zero-order valence-corrected chi connectivity index (χ0v) is 15.7. The first-order valence-corrected chi connectivity index (χ1v) is 9.23. The molecule has 0 spiro atoms. The fourth-order valence-electron chi connectivity index (χ4n) is 4.74. The lowest BCUT2D eigenvalue weighted by molar-refractivity contribution is -0.211. The Balaban J connectivity index is 2.01. The number of aliphatic hydroxyl groups is 3. The van der Waals surface area contributed by atoms with Crippen molar-refractivity contribution in [2.24, 2.45) is 17.8 Å². The number of rotatable bonds is 1. The first kappa shape index (κ1) is 19.5. The van der Waals surface area contributed by atoms with Crippen molar-refractivity contribution < 1.29 is 34.4 Å². The molecule has 0 amide bonds. The number of hydrogen-bond acceptors (Lipinski definition) is 8. The molecule has 3 heterocycles. The minimum Gasteiger partial charge on any atom is -0.463 e. The van der Waals surface area contributed by atoms with E-state index in [1.807, 2.05) is 4.90 Å². The van der Waals surface area contributed by atoms with Crippen molar-refractivity contribution in [3.63, 3.8) is 0 Å². The second-order valence-corrected chi connectivity index (χ2v) is 8.52. The van der Waals surface area contributed by atoms with Gasteiger partial charge in [0.25, 0.3) is 0 Å². The van der Waals surface area contributed by atoms with E-state index in [-0.39, 0.29) is 18.6 Å². The summed E-state index contributed by atoms with van der Waals surface area (Å²) in [5.41, 5.74) is -4.38. The molecule has 0 aromatic heterocycles. The topological polar surface area (TPSA) is 117 Å². The van der Waals surface area contributed by atoms with E-state index in [0.717, 1.165) is 6.92 Å². The van der Waals surface area contributed by atoms with E-state index in [0.29, 0.717) is 19.5 Å². The van der Waals surface area contributed by atoms with Gasteiger partial charge in [0.2, 0.25) is 0 Å². The molecule has 3 saturated heterocycles. The summed E-state index contributed by atoms with van der Waals surface area (Å²) in [6.45, 7) is 6.87. The van der Waals surface area contributed by atoms with Crippen LogP contribution in [0.1, 0.15) is 34.1 Å². The fourth-order valence-corrected chi connectivity index (χ4v) is 4.74. The molecule has 0 radical (unpaired) electrons. The summed E-state index contributed by atoms with van der Waals surface area (Å²) in [5, 5.41) is 32.1. The summed E-state index contributed by atoms with van der Waals surface area (Å²) in [5.74, 6) is -3.55. The second-order valence-electron chi connectivity index (χ2n) is 8.52. The largest absolute Gasteiger partial charge is 0.463 e. The molecule has 3 rings (SSSR count). The molecule has 3 aliphatic rings. The standard InChI is InChI=1S/C18H29NO7/c1-9(2)13-15(21)26-12-5-6-19-7-11(20)10(14(12)19)8-25-16(22)18(4,24)17(13,3)23/h9-14,20,23-24H,5-8H2,1-4H3. The van der Waals surface area contributed by atoms with Crippen molar-refractivity contribution in [2.75, 3.05) is 19.7 Å². The summed E-state index contributed by atoms with van der Waals surface area (Å²) in [4.78, 5) is 27.5. The van der Waals surface area contributed by atoms with Gasteiger partial charge in [0.05, 0.1) is 24.7 Å². The zero-order chi connectivity index (χ0) is 19.4. The van der Waals surface area contributed by atoms with Crippen LogP contribution in [0.5, 0.6) is 0 Å². The van der Waals surface area contributed by atoms with Crippen molar-refractivity contribution in [3.05, 3.63) is 0 Å². The number of nitrogens with zero attached hydrogens (tertiary/aromatic N) is 1. The van der Waals surface area contributed by atoms with Gasteiger partial charge in [-0.05, 0) is 26.2 Å². The molecule has 3 N–H and O–H groups in total. The van der Waals surface area contributed by atoms with Crippen molar-refractivity contribution in [1.82, 2.24) is 4.90 Å². The first-order valence-electron chi connectivity index (χ1n) is 9.23. The minimum absolute atomic E-state index is 0.103. The maximum absolute atomic E-state index is 12.9. The number of aliphatic hydroxyl groups excluding tert-OH is 1. The maximum Gasteiger partial charge on any atom is 0.340 e. The van der Waals surface area contributed by atoms with Gasteiger partial charge in [0.15, 0.2) is 5.60 Å². The van der Waals surface area contributed by atoms with Gasteiger partial charge < -0.3 is 24.8 Å². The highest BCUT2D eigenvalue weighted by Gasteiger charge is 2.59. The zero-order valence-electron chi connectivity index (χ0n) is 15.7. The quantitative estimate of drug-likeness (QED) is 0.518. The number of hydrogen-bond donors (Lipinski definition) is 3. The monoisotopic (exact) mass is 371 g/mol. The maximum atomic E-state index is 12.9. The van der Waals surface area contributed by atoms with Crippen LogP contribution in [0.15, 0.2) is 0 Å². The van der Waals surface area contributed by atoms with Crippen LogP contribution in [-0.2, 0) is 19.1 Å². The van der Waals surface area contributed by atoms with Crippen LogP contribution in [0.4, 0.5) is 0 Å². The summed E-state index contributed by atoms with van der Waals surface area (Å²) in [7, 11) is 0. The molecule has 0 bridgehead atoms. The number of cyclic esters (lactones) is 1. The number of ether oxygens (including phenoxy) is 2. The van der Waals surface area contributed by atoms with Gasteiger partial charge in [-0.2, -0.15) is 0 Å². The predicted octanol–water partition coefficient (Wildman–Crippen LogP) is -0.706. The van der Waals surface area contributed by atoms with Gasteiger partial charge in [0.1, 0.15) is 11.7 Å². The molecule has 0 aromatic carbocycles. The van der Waals surface area contributed by atoms with Crippen LogP contribution in [0.3, 0.4) is 0 Å². The third kappa shape index (κ3) is 2.83. The molecule has 26 heavy (non-hydrogen) atoms. The molecule has 7 atom stereocenters. The molecule has 3 fully saturated rings. The van der Waals surface area contributed by atoms with Gasteiger partial charge in [-0.1, -0.05) is 13.8 Å². The smallest absolute Gasteiger partial charge is 0.340 e. The predicted molar refractivity (Wildman–Crippen MR) is 89.9 cm³/mol. The van der Waals surface area contributed by atoms with Crippen LogP contribution in [-0.4, -0.2) is 81.3 Å². The van der Waals surface area contributed by atoms with E-state index < -0.39 is 47.2 Å². The Bertz CT molecular complexity index is 588. The molecular formula is C18H29NO7. The lowest BCUT2D eigenvalue weighted by atomic mass is 9.71.